The van der Waals surface area contributed by atoms with Crippen molar-refractivity contribution in [2.24, 2.45) is 4.99 Å². The normalized spacial score (nSPS) is 16.2. The highest BCUT2D eigenvalue weighted by Gasteiger charge is 2.25. The summed E-state index contributed by atoms with van der Waals surface area (Å²) < 4.78 is 13.9. The predicted octanol–water partition coefficient (Wildman–Crippen LogP) is 5.07. The first-order valence-electron chi connectivity index (χ1n) is 9.93. The molecule has 0 aliphatic carbocycles. The number of para-hydroxylation sites is 1. The Bertz CT molecular complexity index is 1120. The van der Waals surface area contributed by atoms with Crippen LogP contribution in [0.25, 0.3) is 0 Å². The molecule has 0 spiro atoms. The number of halogens is 3. The van der Waals surface area contributed by atoms with Gasteiger partial charge in [0.05, 0.1) is 5.69 Å². The van der Waals surface area contributed by atoms with E-state index in [1.807, 2.05) is 35.3 Å². The number of guanidine groups is 1. The van der Waals surface area contributed by atoms with E-state index in [1.54, 1.807) is 30.3 Å². The fourth-order valence-electron chi connectivity index (χ4n) is 3.34. The van der Waals surface area contributed by atoms with Gasteiger partial charge in [0, 0.05) is 34.3 Å². The van der Waals surface area contributed by atoms with Crippen molar-refractivity contribution in [2.45, 2.75) is 12.6 Å². The van der Waals surface area contributed by atoms with Crippen LogP contribution in [-0.4, -0.2) is 24.6 Å². The van der Waals surface area contributed by atoms with Gasteiger partial charge in [-0.1, -0.05) is 47.5 Å². The number of hydrazine groups is 1. The van der Waals surface area contributed by atoms with Gasteiger partial charge in [-0.25, -0.2) is 14.8 Å². The lowest BCUT2D eigenvalue weighted by Crippen LogP contribution is -2.41. The van der Waals surface area contributed by atoms with Crippen molar-refractivity contribution in [2.75, 3.05) is 16.9 Å². The molecule has 0 saturated carbocycles. The molecule has 3 N–H and O–H groups in total. The number of carbonyl (C=O) groups is 1. The van der Waals surface area contributed by atoms with Crippen molar-refractivity contribution in [1.82, 2.24) is 10.7 Å². The number of amides is 1. The number of carbonyl (C=O) groups excluding carboxylic acids is 1. The highest BCUT2D eigenvalue weighted by atomic mass is 35.5. The summed E-state index contributed by atoms with van der Waals surface area (Å²) in [5.74, 6) is -0.751. The number of nitrogens with zero attached hydrogens (tertiary/aromatic N) is 2. The second-order valence-electron chi connectivity index (χ2n) is 7.11. The molecule has 9 heteroatoms. The number of hydrogen-bond acceptors (Lipinski definition) is 4. The maximum absolute atomic E-state index is 13.9. The molecule has 1 saturated heterocycles. The smallest absolute Gasteiger partial charge is 0.258 e. The van der Waals surface area contributed by atoms with Crippen LogP contribution < -0.4 is 21.1 Å². The maximum Gasteiger partial charge on any atom is 0.258 e. The van der Waals surface area contributed by atoms with E-state index >= 15 is 0 Å². The Balaban J connectivity index is 1.63. The zero-order chi connectivity index (χ0) is 22.5. The number of benzene rings is 3. The van der Waals surface area contributed by atoms with Gasteiger partial charge in [-0.05, 0) is 48.5 Å². The van der Waals surface area contributed by atoms with Gasteiger partial charge < -0.3 is 5.32 Å². The van der Waals surface area contributed by atoms with Crippen LogP contribution in [0.15, 0.2) is 77.8 Å². The highest BCUT2D eigenvalue weighted by molar-refractivity contribution is 6.31. The third-order valence-corrected chi connectivity index (χ3v) is 5.19. The van der Waals surface area contributed by atoms with Crippen molar-refractivity contribution < 1.29 is 9.18 Å². The van der Waals surface area contributed by atoms with Gasteiger partial charge in [0.2, 0.25) is 5.96 Å². The average Bonchev–Trinajstić information content (AvgIpc) is 3.21. The van der Waals surface area contributed by atoms with E-state index in [1.165, 1.54) is 12.1 Å². The van der Waals surface area contributed by atoms with E-state index in [0.29, 0.717) is 29.2 Å². The number of hydrogen-bond donors (Lipinski definition) is 3. The molecule has 3 aromatic carbocycles. The number of aliphatic imine (C=N–C) groups is 1. The quantitative estimate of drug-likeness (QED) is 0.366. The monoisotopic (exact) mass is 471 g/mol. The summed E-state index contributed by atoms with van der Waals surface area (Å²) >= 11 is 12.0. The molecule has 0 radical (unpaired) electrons. The van der Waals surface area contributed by atoms with Crippen LogP contribution >= 0.6 is 23.2 Å². The summed E-state index contributed by atoms with van der Waals surface area (Å²) in [7, 11) is 0. The molecule has 1 amide bonds. The number of rotatable bonds is 4. The van der Waals surface area contributed by atoms with Crippen LogP contribution in [0.2, 0.25) is 10.0 Å². The first-order valence-corrected chi connectivity index (χ1v) is 10.7. The highest BCUT2D eigenvalue weighted by Crippen LogP contribution is 2.22. The van der Waals surface area contributed by atoms with Crippen LogP contribution in [0.4, 0.5) is 15.8 Å². The summed E-state index contributed by atoms with van der Waals surface area (Å²) in [4.78, 5) is 17.6. The third kappa shape index (κ3) is 5.56. The van der Waals surface area contributed by atoms with Crippen molar-refractivity contribution in [3.05, 3.63) is 94.2 Å². The van der Waals surface area contributed by atoms with E-state index in [9.17, 15) is 9.18 Å². The van der Waals surface area contributed by atoms with Gasteiger partial charge in [-0.15, -0.1) is 0 Å². The maximum atomic E-state index is 13.9. The van der Waals surface area contributed by atoms with E-state index in [0.717, 1.165) is 5.69 Å². The Kier molecular flexibility index (Phi) is 6.90. The molecular weight excluding hydrogens is 452 g/mol. The molecule has 0 aromatic heterocycles. The van der Waals surface area contributed by atoms with E-state index < -0.39 is 11.7 Å². The molecule has 4 rings (SSSR count). The molecular formula is C23H20Cl2FN5O. The van der Waals surface area contributed by atoms with Crippen molar-refractivity contribution in [3.63, 3.8) is 0 Å². The lowest BCUT2D eigenvalue weighted by molar-refractivity contribution is 0.0977. The molecule has 1 atom stereocenters. The minimum atomic E-state index is -0.506. The van der Waals surface area contributed by atoms with Gasteiger partial charge in [0.15, 0.2) is 0 Å². The molecule has 1 unspecified atom stereocenters. The molecule has 164 valence electrons. The van der Waals surface area contributed by atoms with Gasteiger partial charge >= 0.3 is 0 Å². The summed E-state index contributed by atoms with van der Waals surface area (Å²) in [6.45, 7) is 0.713. The molecule has 1 fully saturated rings. The summed E-state index contributed by atoms with van der Waals surface area (Å²) in [6, 6.07) is 20.3. The van der Waals surface area contributed by atoms with Crippen molar-refractivity contribution in [1.29, 1.82) is 0 Å². The van der Waals surface area contributed by atoms with Gasteiger partial charge in [-0.2, -0.15) is 0 Å². The Morgan fingerprint density at radius 1 is 1.03 bits per heavy atom. The lowest BCUT2D eigenvalue weighted by Gasteiger charge is -2.24. The first-order chi connectivity index (χ1) is 15.5. The van der Waals surface area contributed by atoms with Crippen molar-refractivity contribution >= 4 is 46.4 Å². The van der Waals surface area contributed by atoms with Crippen LogP contribution in [0.3, 0.4) is 0 Å². The largest absolute Gasteiger partial charge is 0.326 e. The summed E-state index contributed by atoms with van der Waals surface area (Å²) in [6.07, 6.45) is 0.403. The minimum Gasteiger partial charge on any atom is -0.326 e. The summed E-state index contributed by atoms with van der Waals surface area (Å²) in [5, 5.41) is 8.34. The Hall–Kier alpha value is -3.13. The van der Waals surface area contributed by atoms with Crippen LogP contribution in [0.5, 0.6) is 0 Å². The molecule has 32 heavy (non-hydrogen) atoms. The minimum absolute atomic E-state index is 0.159. The molecule has 6 nitrogen and oxygen atoms in total. The zero-order valence-corrected chi connectivity index (χ0v) is 18.4. The lowest BCUT2D eigenvalue weighted by atomic mass is 10.2. The van der Waals surface area contributed by atoms with Crippen molar-refractivity contribution in [3.8, 4) is 0 Å². The SMILES string of the molecule is O=C(NC(=NC1CCNN1c1ccccc1)Nc1cc(F)cc(Cl)c1)c1cccc(Cl)c1. The number of nitrogens with one attached hydrogen (secondary N) is 3. The predicted molar refractivity (Wildman–Crippen MR) is 127 cm³/mol. The molecule has 0 bridgehead atoms. The standard InChI is InChI=1S/C23H20Cl2FN5O/c24-16-6-4-5-15(11-16)22(32)30-23(28-19-13-17(25)12-18(26)14-19)29-21-9-10-27-31(21)20-7-2-1-3-8-20/h1-8,11-14,21,27H,9-10H2,(H2,28,29,30,32). The first kappa shape index (κ1) is 22.1. The molecule has 3 aromatic rings. The Morgan fingerprint density at radius 2 is 1.84 bits per heavy atom. The molecule has 1 aliphatic heterocycles. The fraction of sp³-hybridized carbons (Fsp3) is 0.130. The van der Waals surface area contributed by atoms with E-state index in [2.05, 4.69) is 16.1 Å². The summed E-state index contributed by atoms with van der Waals surface area (Å²) in [5.41, 5.74) is 4.96. The van der Waals surface area contributed by atoms with Crippen LogP contribution in [0.1, 0.15) is 16.8 Å². The topological polar surface area (TPSA) is 68.8 Å². The van der Waals surface area contributed by atoms with Crippen LogP contribution in [0, 0.1) is 5.82 Å². The Morgan fingerprint density at radius 3 is 2.59 bits per heavy atom. The van der Waals surface area contributed by atoms with Gasteiger partial charge in [0.25, 0.3) is 5.91 Å². The molecule has 1 aliphatic rings. The van der Waals surface area contributed by atoms with E-state index in [-0.39, 0.29) is 17.1 Å². The second kappa shape index (κ2) is 9.99. The number of anilines is 2. The fourth-order valence-corrected chi connectivity index (χ4v) is 3.75. The zero-order valence-electron chi connectivity index (χ0n) is 16.9. The molecule has 1 heterocycles. The van der Waals surface area contributed by atoms with Crippen LogP contribution in [-0.2, 0) is 0 Å². The Labute approximate surface area is 195 Å². The van der Waals surface area contributed by atoms with E-state index in [4.69, 9.17) is 28.2 Å². The second-order valence-corrected chi connectivity index (χ2v) is 7.98. The van der Waals surface area contributed by atoms with Gasteiger partial charge in [-0.3, -0.25) is 15.1 Å². The van der Waals surface area contributed by atoms with Gasteiger partial charge in [0.1, 0.15) is 12.0 Å². The third-order valence-electron chi connectivity index (χ3n) is 4.74. The average molecular weight is 472 g/mol.